The molecular formula is C10H16O3. The molecule has 0 amide bonds. The average Bonchev–Trinajstić information content (AvgIpc) is 2.08. The van der Waals surface area contributed by atoms with Crippen molar-refractivity contribution in [3.8, 4) is 0 Å². The molecule has 0 saturated heterocycles. The number of aliphatic hydroxyl groups excluding tert-OH is 1. The molecular weight excluding hydrogens is 168 g/mol. The molecule has 2 N–H and O–H groups in total. The number of carboxylic acids is 1. The Labute approximate surface area is 78.4 Å². The van der Waals surface area contributed by atoms with Crippen LogP contribution in [0.2, 0.25) is 0 Å². The number of unbranched alkanes of at least 4 members (excludes halogenated alkanes) is 1. The molecule has 0 aliphatic heterocycles. The number of hydrogen-bond donors (Lipinski definition) is 2. The van der Waals surface area contributed by atoms with Crippen LogP contribution < -0.4 is 0 Å². The van der Waals surface area contributed by atoms with E-state index < -0.39 is 12.1 Å². The third kappa shape index (κ3) is 8.82. The van der Waals surface area contributed by atoms with Gasteiger partial charge in [0.05, 0.1) is 6.10 Å². The van der Waals surface area contributed by atoms with Crippen LogP contribution >= 0.6 is 0 Å². The van der Waals surface area contributed by atoms with Crippen molar-refractivity contribution in [2.45, 2.75) is 32.3 Å². The van der Waals surface area contributed by atoms with Crippen LogP contribution in [0.1, 0.15) is 26.2 Å². The standard InChI is InChI=1S/C10H16O3/c1-2-3-6-9(11)7-4-5-8-10(12)13/h4-5,7-9,11H,2-3,6H2,1H3,(H,12,13)/b7-4+,8-5+/t9-/m0/s1. The van der Waals surface area contributed by atoms with Gasteiger partial charge in [0.2, 0.25) is 0 Å². The highest BCUT2D eigenvalue weighted by Gasteiger charge is 1.95. The summed E-state index contributed by atoms with van der Waals surface area (Å²) >= 11 is 0. The van der Waals surface area contributed by atoms with Crippen LogP contribution in [0.4, 0.5) is 0 Å². The monoisotopic (exact) mass is 184 g/mol. The van der Waals surface area contributed by atoms with Crippen molar-refractivity contribution >= 4 is 5.97 Å². The van der Waals surface area contributed by atoms with E-state index in [0.29, 0.717) is 0 Å². The maximum absolute atomic E-state index is 10.0. The van der Waals surface area contributed by atoms with Gasteiger partial charge >= 0.3 is 5.97 Å². The van der Waals surface area contributed by atoms with Crippen LogP contribution in [0, 0.1) is 0 Å². The SMILES string of the molecule is CCCC[C@H](O)/C=C/C=C/C(=O)O. The molecule has 0 heterocycles. The Hall–Kier alpha value is -1.09. The van der Waals surface area contributed by atoms with Crippen molar-refractivity contribution in [2.24, 2.45) is 0 Å². The fraction of sp³-hybridized carbons (Fsp3) is 0.500. The molecule has 0 aromatic carbocycles. The van der Waals surface area contributed by atoms with E-state index in [-0.39, 0.29) is 0 Å². The first-order valence-electron chi connectivity index (χ1n) is 4.42. The summed E-state index contributed by atoms with van der Waals surface area (Å²) in [7, 11) is 0. The fourth-order valence-corrected chi connectivity index (χ4v) is 0.840. The number of allylic oxidation sites excluding steroid dienone is 2. The number of carboxylic acid groups (broad SMARTS) is 1. The van der Waals surface area contributed by atoms with Crippen molar-refractivity contribution < 1.29 is 15.0 Å². The molecule has 0 saturated carbocycles. The topological polar surface area (TPSA) is 57.5 Å². The van der Waals surface area contributed by atoms with Crippen LogP contribution in [0.5, 0.6) is 0 Å². The van der Waals surface area contributed by atoms with Crippen LogP contribution in [-0.2, 0) is 4.79 Å². The second-order valence-electron chi connectivity index (χ2n) is 2.79. The zero-order chi connectivity index (χ0) is 10.1. The summed E-state index contributed by atoms with van der Waals surface area (Å²) < 4.78 is 0. The number of hydrogen-bond acceptors (Lipinski definition) is 2. The van der Waals surface area contributed by atoms with Gasteiger partial charge in [-0.2, -0.15) is 0 Å². The molecule has 13 heavy (non-hydrogen) atoms. The molecule has 3 heteroatoms. The highest BCUT2D eigenvalue weighted by Crippen LogP contribution is 2.01. The molecule has 0 aliphatic rings. The van der Waals surface area contributed by atoms with Gasteiger partial charge in [-0.1, -0.05) is 38.0 Å². The lowest BCUT2D eigenvalue weighted by Gasteiger charge is -2.01. The second kappa shape index (κ2) is 7.55. The molecule has 74 valence electrons. The Morgan fingerprint density at radius 3 is 2.69 bits per heavy atom. The molecule has 1 atom stereocenters. The number of rotatable bonds is 6. The molecule has 0 spiro atoms. The normalized spacial score (nSPS) is 14.0. The van der Waals surface area contributed by atoms with Crippen LogP contribution in [0.3, 0.4) is 0 Å². The van der Waals surface area contributed by atoms with Gasteiger partial charge < -0.3 is 10.2 Å². The lowest BCUT2D eigenvalue weighted by Crippen LogP contribution is -2.00. The van der Waals surface area contributed by atoms with E-state index in [1.54, 1.807) is 12.2 Å². The van der Waals surface area contributed by atoms with E-state index in [1.807, 2.05) is 0 Å². The van der Waals surface area contributed by atoms with Gasteiger partial charge in [0.1, 0.15) is 0 Å². The number of aliphatic hydroxyl groups is 1. The maximum atomic E-state index is 10.0. The summed E-state index contributed by atoms with van der Waals surface area (Å²) in [5, 5.41) is 17.5. The Morgan fingerprint density at radius 1 is 1.46 bits per heavy atom. The van der Waals surface area contributed by atoms with E-state index in [2.05, 4.69) is 6.92 Å². The third-order valence-corrected chi connectivity index (χ3v) is 1.54. The summed E-state index contributed by atoms with van der Waals surface area (Å²) in [5.74, 6) is -0.979. The van der Waals surface area contributed by atoms with Crippen molar-refractivity contribution in [1.82, 2.24) is 0 Å². The quantitative estimate of drug-likeness (QED) is 0.488. The summed E-state index contributed by atoms with van der Waals surface area (Å²) in [5.41, 5.74) is 0. The minimum atomic E-state index is -0.979. The van der Waals surface area contributed by atoms with E-state index in [1.165, 1.54) is 6.08 Å². The highest BCUT2D eigenvalue weighted by atomic mass is 16.4. The average molecular weight is 184 g/mol. The molecule has 0 fully saturated rings. The maximum Gasteiger partial charge on any atom is 0.328 e. The Morgan fingerprint density at radius 2 is 2.15 bits per heavy atom. The molecule has 0 aromatic rings. The summed E-state index contributed by atoms with van der Waals surface area (Å²) in [6.07, 6.45) is 7.88. The second-order valence-corrected chi connectivity index (χ2v) is 2.79. The van der Waals surface area contributed by atoms with Crippen molar-refractivity contribution in [1.29, 1.82) is 0 Å². The van der Waals surface area contributed by atoms with Gasteiger partial charge in [-0.3, -0.25) is 0 Å². The van der Waals surface area contributed by atoms with Gasteiger partial charge in [-0.25, -0.2) is 4.79 Å². The largest absolute Gasteiger partial charge is 0.478 e. The van der Waals surface area contributed by atoms with E-state index >= 15 is 0 Å². The zero-order valence-corrected chi connectivity index (χ0v) is 7.81. The number of carbonyl (C=O) groups is 1. The smallest absolute Gasteiger partial charge is 0.328 e. The molecule has 0 aromatic heterocycles. The molecule has 0 rings (SSSR count). The zero-order valence-electron chi connectivity index (χ0n) is 7.81. The van der Waals surface area contributed by atoms with E-state index in [9.17, 15) is 9.90 Å². The van der Waals surface area contributed by atoms with Crippen molar-refractivity contribution in [2.75, 3.05) is 0 Å². The Bertz CT molecular complexity index is 194. The summed E-state index contributed by atoms with van der Waals surface area (Å²) in [6, 6.07) is 0. The van der Waals surface area contributed by atoms with Crippen molar-refractivity contribution in [3.05, 3.63) is 24.3 Å². The van der Waals surface area contributed by atoms with Crippen LogP contribution in [0.15, 0.2) is 24.3 Å². The first-order chi connectivity index (χ1) is 6.16. The molecule has 0 unspecified atom stereocenters. The predicted molar refractivity (Wildman–Crippen MR) is 51.4 cm³/mol. The minimum Gasteiger partial charge on any atom is -0.478 e. The fourth-order valence-electron chi connectivity index (χ4n) is 0.840. The van der Waals surface area contributed by atoms with Gasteiger partial charge in [0.15, 0.2) is 0 Å². The van der Waals surface area contributed by atoms with Crippen molar-refractivity contribution in [3.63, 3.8) is 0 Å². The number of aliphatic carboxylic acids is 1. The van der Waals surface area contributed by atoms with E-state index in [4.69, 9.17) is 5.11 Å². The first-order valence-corrected chi connectivity index (χ1v) is 4.42. The predicted octanol–water partition coefficient (Wildman–Crippen LogP) is 1.73. The Balaban J connectivity index is 3.64. The summed E-state index contributed by atoms with van der Waals surface area (Å²) in [6.45, 7) is 2.06. The van der Waals surface area contributed by atoms with Gasteiger partial charge in [-0.05, 0) is 6.42 Å². The Kier molecular flexibility index (Phi) is 6.92. The molecule has 3 nitrogen and oxygen atoms in total. The summed E-state index contributed by atoms with van der Waals surface area (Å²) in [4.78, 5) is 10.0. The molecule has 0 aliphatic carbocycles. The highest BCUT2D eigenvalue weighted by molar-refractivity contribution is 5.80. The van der Waals surface area contributed by atoms with Crippen LogP contribution in [0.25, 0.3) is 0 Å². The third-order valence-electron chi connectivity index (χ3n) is 1.54. The minimum absolute atomic E-state index is 0.460. The van der Waals surface area contributed by atoms with Gasteiger partial charge in [0.25, 0.3) is 0 Å². The lowest BCUT2D eigenvalue weighted by atomic mass is 10.1. The molecule has 0 bridgehead atoms. The van der Waals surface area contributed by atoms with E-state index in [0.717, 1.165) is 25.3 Å². The first kappa shape index (κ1) is 11.9. The van der Waals surface area contributed by atoms with Gasteiger partial charge in [0, 0.05) is 6.08 Å². The van der Waals surface area contributed by atoms with Crippen LogP contribution in [-0.4, -0.2) is 22.3 Å². The molecule has 0 radical (unpaired) electrons. The van der Waals surface area contributed by atoms with Gasteiger partial charge in [-0.15, -0.1) is 0 Å². The lowest BCUT2D eigenvalue weighted by molar-refractivity contribution is -0.131.